The number of sulfone groups is 1. The lowest BCUT2D eigenvalue weighted by molar-refractivity contribution is 0.221. The fraction of sp³-hybridized carbons (Fsp3) is 0.455. The zero-order chi connectivity index (χ0) is 11.1. The lowest BCUT2D eigenvalue weighted by atomic mass is 9.90. The maximum Gasteiger partial charge on any atom is 0.179 e. The monoisotopic (exact) mass is 226 g/mol. The molecule has 1 aromatic rings. The Labute approximate surface area is 89.7 Å². The van der Waals surface area contributed by atoms with E-state index in [0.29, 0.717) is 4.90 Å². The van der Waals surface area contributed by atoms with Crippen LogP contribution in [0.4, 0.5) is 0 Å². The second kappa shape index (κ2) is 3.61. The summed E-state index contributed by atoms with van der Waals surface area (Å²) in [5.41, 5.74) is 0.860. The highest BCUT2D eigenvalue weighted by molar-refractivity contribution is 7.91. The summed E-state index contributed by atoms with van der Waals surface area (Å²) < 4.78 is 23.6. The van der Waals surface area contributed by atoms with E-state index in [4.69, 9.17) is 5.11 Å². The average Bonchev–Trinajstić information content (AvgIpc) is 2.51. The van der Waals surface area contributed by atoms with Gasteiger partial charge in [-0.15, -0.1) is 0 Å². The van der Waals surface area contributed by atoms with E-state index in [1.54, 1.807) is 12.1 Å². The zero-order valence-corrected chi connectivity index (χ0v) is 9.37. The van der Waals surface area contributed by atoms with Crippen LogP contribution in [-0.4, -0.2) is 25.9 Å². The highest BCUT2D eigenvalue weighted by atomic mass is 32.2. The number of hydrogen-bond donors (Lipinski definition) is 1. The van der Waals surface area contributed by atoms with Gasteiger partial charge in [-0.25, -0.2) is 8.42 Å². The van der Waals surface area contributed by atoms with Crippen LogP contribution < -0.4 is 0 Å². The van der Waals surface area contributed by atoms with Gasteiger partial charge in [0.1, 0.15) is 0 Å². The van der Waals surface area contributed by atoms with Crippen molar-refractivity contribution >= 4 is 9.84 Å². The Morgan fingerprint density at radius 1 is 1.47 bits per heavy atom. The van der Waals surface area contributed by atoms with E-state index in [0.717, 1.165) is 5.56 Å². The molecule has 0 bridgehead atoms. The highest BCUT2D eigenvalue weighted by Crippen LogP contribution is 2.38. The zero-order valence-electron chi connectivity index (χ0n) is 8.55. The van der Waals surface area contributed by atoms with Gasteiger partial charge < -0.3 is 5.11 Å². The maximum absolute atomic E-state index is 11.8. The fourth-order valence-electron chi connectivity index (χ4n) is 2.08. The second-order valence-corrected chi connectivity index (χ2v) is 6.09. The minimum atomic E-state index is -3.12. The van der Waals surface area contributed by atoms with Crippen molar-refractivity contribution in [3.63, 3.8) is 0 Å². The van der Waals surface area contributed by atoms with Crippen LogP contribution in [-0.2, 0) is 9.84 Å². The molecular formula is C11H14O3S. The van der Waals surface area contributed by atoms with Gasteiger partial charge >= 0.3 is 0 Å². The van der Waals surface area contributed by atoms with Gasteiger partial charge in [0, 0.05) is 12.5 Å². The Hall–Kier alpha value is -0.870. The van der Waals surface area contributed by atoms with Crippen molar-refractivity contribution in [1.82, 2.24) is 0 Å². The van der Waals surface area contributed by atoms with E-state index >= 15 is 0 Å². The third-order valence-corrected chi connectivity index (χ3v) is 4.87. The lowest BCUT2D eigenvalue weighted by Crippen LogP contribution is -2.15. The molecule has 0 amide bonds. The van der Waals surface area contributed by atoms with Crippen LogP contribution in [0, 0.1) is 5.92 Å². The standard InChI is InChI=1S/C11H14O3S/c1-8(6-12)10-7-15(13,14)11-5-3-2-4-9(10)11/h2-5,8,10,12H,6-7H2,1H3. The molecule has 1 heterocycles. The fourth-order valence-corrected chi connectivity index (χ4v) is 4.11. The van der Waals surface area contributed by atoms with Crippen molar-refractivity contribution in [3.05, 3.63) is 29.8 Å². The van der Waals surface area contributed by atoms with E-state index in [-0.39, 0.29) is 24.2 Å². The maximum atomic E-state index is 11.8. The minimum Gasteiger partial charge on any atom is -0.396 e. The highest BCUT2D eigenvalue weighted by Gasteiger charge is 2.36. The van der Waals surface area contributed by atoms with Crippen molar-refractivity contribution in [3.8, 4) is 0 Å². The van der Waals surface area contributed by atoms with Crippen molar-refractivity contribution in [2.75, 3.05) is 12.4 Å². The molecule has 3 nitrogen and oxygen atoms in total. The predicted molar refractivity (Wildman–Crippen MR) is 57.5 cm³/mol. The molecule has 4 heteroatoms. The molecule has 0 fully saturated rings. The van der Waals surface area contributed by atoms with Crippen molar-refractivity contribution in [1.29, 1.82) is 0 Å². The van der Waals surface area contributed by atoms with E-state index in [2.05, 4.69) is 0 Å². The van der Waals surface area contributed by atoms with Crippen molar-refractivity contribution in [2.45, 2.75) is 17.7 Å². The van der Waals surface area contributed by atoms with Crippen LogP contribution in [0.2, 0.25) is 0 Å². The summed E-state index contributed by atoms with van der Waals surface area (Å²) in [6, 6.07) is 7.07. The van der Waals surface area contributed by atoms with E-state index in [9.17, 15) is 8.42 Å². The molecule has 0 aromatic heterocycles. The SMILES string of the molecule is CC(CO)C1CS(=O)(=O)c2ccccc21. The van der Waals surface area contributed by atoms with E-state index < -0.39 is 9.84 Å². The lowest BCUT2D eigenvalue weighted by Gasteiger charge is -2.15. The molecule has 1 N–H and O–H groups in total. The van der Waals surface area contributed by atoms with Gasteiger partial charge in [-0.1, -0.05) is 25.1 Å². The third kappa shape index (κ3) is 1.68. The van der Waals surface area contributed by atoms with Crippen LogP contribution >= 0.6 is 0 Å². The molecule has 2 unspecified atom stereocenters. The molecule has 82 valence electrons. The topological polar surface area (TPSA) is 54.4 Å². The first-order chi connectivity index (χ1) is 7.06. The molecular weight excluding hydrogens is 212 g/mol. The average molecular weight is 226 g/mol. The van der Waals surface area contributed by atoms with Gasteiger partial charge in [-0.2, -0.15) is 0 Å². The molecule has 1 aliphatic heterocycles. The minimum absolute atomic E-state index is 0.0107. The number of rotatable bonds is 2. The van der Waals surface area contributed by atoms with E-state index in [1.165, 1.54) is 0 Å². The van der Waals surface area contributed by atoms with Crippen molar-refractivity contribution < 1.29 is 13.5 Å². The molecule has 0 aliphatic carbocycles. The van der Waals surface area contributed by atoms with Crippen LogP contribution in [0.25, 0.3) is 0 Å². The molecule has 0 saturated heterocycles. The first-order valence-electron chi connectivity index (χ1n) is 4.99. The quantitative estimate of drug-likeness (QED) is 0.824. The molecule has 1 aliphatic rings. The van der Waals surface area contributed by atoms with Gasteiger partial charge in [0.25, 0.3) is 0 Å². The summed E-state index contributed by atoms with van der Waals surface area (Å²) in [4.78, 5) is 0.440. The number of aliphatic hydroxyl groups is 1. The summed E-state index contributed by atoms with van der Waals surface area (Å²) in [6.45, 7) is 1.90. The molecule has 1 aromatic carbocycles. The van der Waals surface area contributed by atoms with Crippen LogP contribution in [0.1, 0.15) is 18.4 Å². The van der Waals surface area contributed by atoms with E-state index in [1.807, 2.05) is 19.1 Å². The van der Waals surface area contributed by atoms with Gasteiger partial charge in [-0.05, 0) is 17.5 Å². The summed E-state index contributed by atoms with van der Waals surface area (Å²) in [5.74, 6) is 0.0632. The number of aliphatic hydroxyl groups excluding tert-OH is 1. The Bertz CT molecular complexity index is 464. The Morgan fingerprint density at radius 3 is 2.80 bits per heavy atom. The van der Waals surface area contributed by atoms with Gasteiger partial charge in [0.05, 0.1) is 10.6 Å². The summed E-state index contributed by atoms with van der Waals surface area (Å²) in [7, 11) is -3.12. The summed E-state index contributed by atoms with van der Waals surface area (Å²) in [6.07, 6.45) is 0. The van der Waals surface area contributed by atoms with Crippen LogP contribution in [0.3, 0.4) is 0 Å². The van der Waals surface area contributed by atoms with Gasteiger partial charge in [-0.3, -0.25) is 0 Å². The van der Waals surface area contributed by atoms with Gasteiger partial charge in [0.15, 0.2) is 9.84 Å². The predicted octanol–water partition coefficient (Wildman–Crippen LogP) is 1.19. The molecule has 0 spiro atoms. The number of fused-ring (bicyclic) bond motifs is 1. The third-order valence-electron chi connectivity index (χ3n) is 3.03. The molecule has 2 atom stereocenters. The van der Waals surface area contributed by atoms with Gasteiger partial charge in [0.2, 0.25) is 0 Å². The number of benzene rings is 1. The molecule has 0 radical (unpaired) electrons. The molecule has 2 rings (SSSR count). The normalized spacial score (nSPS) is 24.8. The Morgan fingerprint density at radius 2 is 2.13 bits per heavy atom. The van der Waals surface area contributed by atoms with Crippen LogP contribution in [0.5, 0.6) is 0 Å². The summed E-state index contributed by atoms with van der Waals surface area (Å²) in [5, 5.41) is 9.10. The molecule has 15 heavy (non-hydrogen) atoms. The first kappa shape index (κ1) is 10.6. The van der Waals surface area contributed by atoms with Crippen LogP contribution in [0.15, 0.2) is 29.2 Å². The van der Waals surface area contributed by atoms with Crippen molar-refractivity contribution in [2.24, 2.45) is 5.92 Å². The Balaban J connectivity index is 2.52. The first-order valence-corrected chi connectivity index (χ1v) is 6.64. The smallest absolute Gasteiger partial charge is 0.179 e. The Kier molecular flexibility index (Phi) is 2.56. The number of hydrogen-bond acceptors (Lipinski definition) is 3. The molecule has 0 saturated carbocycles. The summed E-state index contributed by atoms with van der Waals surface area (Å²) >= 11 is 0. The largest absolute Gasteiger partial charge is 0.396 e. The second-order valence-electron chi connectivity index (χ2n) is 4.09.